The van der Waals surface area contributed by atoms with E-state index >= 15 is 0 Å². The Bertz CT molecular complexity index is 507. The molecule has 0 aliphatic carbocycles. The number of imide groups is 1. The van der Waals surface area contributed by atoms with Crippen LogP contribution in [0.4, 0.5) is 0 Å². The van der Waals surface area contributed by atoms with Gasteiger partial charge in [0.2, 0.25) is 11.8 Å². The lowest BCUT2D eigenvalue weighted by atomic mass is 9.78. The summed E-state index contributed by atoms with van der Waals surface area (Å²) in [5.41, 5.74) is 1.03. The van der Waals surface area contributed by atoms with E-state index in [1.165, 1.54) is 0 Å². The SMILES string of the molecule is CCCC1C(=O)NC(=O)CC1c1ccc(OC(C)C)cc1. The number of nitrogens with one attached hydrogen (secondary N) is 1. The molecule has 2 atom stereocenters. The molecule has 2 rings (SSSR count). The Morgan fingerprint density at radius 2 is 1.90 bits per heavy atom. The van der Waals surface area contributed by atoms with E-state index in [9.17, 15) is 9.59 Å². The average molecular weight is 289 g/mol. The molecule has 4 nitrogen and oxygen atoms in total. The highest BCUT2D eigenvalue weighted by Crippen LogP contribution is 2.35. The van der Waals surface area contributed by atoms with Gasteiger partial charge in [-0.2, -0.15) is 0 Å². The van der Waals surface area contributed by atoms with E-state index in [0.717, 1.165) is 24.2 Å². The van der Waals surface area contributed by atoms with Crippen molar-refractivity contribution in [3.05, 3.63) is 29.8 Å². The lowest BCUT2D eigenvalue weighted by molar-refractivity contribution is -0.137. The van der Waals surface area contributed by atoms with Crippen molar-refractivity contribution < 1.29 is 14.3 Å². The first-order chi connectivity index (χ1) is 10.0. The maximum atomic E-state index is 12.0. The molecule has 0 saturated carbocycles. The molecule has 1 aliphatic rings. The molecule has 1 saturated heterocycles. The normalized spacial score (nSPS) is 22.3. The van der Waals surface area contributed by atoms with Crippen LogP contribution in [0.3, 0.4) is 0 Å². The zero-order valence-electron chi connectivity index (χ0n) is 12.9. The smallest absolute Gasteiger partial charge is 0.230 e. The predicted octanol–water partition coefficient (Wildman–Crippen LogP) is 3.02. The van der Waals surface area contributed by atoms with Crippen molar-refractivity contribution in [3.8, 4) is 5.75 Å². The zero-order valence-corrected chi connectivity index (χ0v) is 12.9. The molecule has 0 radical (unpaired) electrons. The molecule has 1 heterocycles. The molecule has 1 aromatic carbocycles. The number of hydrogen-bond donors (Lipinski definition) is 1. The van der Waals surface area contributed by atoms with E-state index in [1.54, 1.807) is 0 Å². The van der Waals surface area contributed by atoms with E-state index in [4.69, 9.17) is 4.74 Å². The number of hydrogen-bond acceptors (Lipinski definition) is 3. The van der Waals surface area contributed by atoms with Crippen LogP contribution in [0.25, 0.3) is 0 Å². The van der Waals surface area contributed by atoms with Crippen molar-refractivity contribution in [1.82, 2.24) is 5.32 Å². The van der Waals surface area contributed by atoms with Gasteiger partial charge in [-0.05, 0) is 38.0 Å². The Hall–Kier alpha value is -1.84. The second-order valence-corrected chi connectivity index (χ2v) is 5.85. The summed E-state index contributed by atoms with van der Waals surface area (Å²) in [5.74, 6) is 0.344. The Morgan fingerprint density at radius 3 is 2.48 bits per heavy atom. The van der Waals surface area contributed by atoms with Crippen molar-refractivity contribution in [2.75, 3.05) is 0 Å². The highest BCUT2D eigenvalue weighted by molar-refractivity contribution is 5.99. The monoisotopic (exact) mass is 289 g/mol. The largest absolute Gasteiger partial charge is 0.491 e. The third-order valence-electron chi connectivity index (χ3n) is 3.77. The Labute approximate surface area is 125 Å². The third-order valence-corrected chi connectivity index (χ3v) is 3.77. The zero-order chi connectivity index (χ0) is 15.4. The van der Waals surface area contributed by atoms with Crippen LogP contribution in [-0.4, -0.2) is 17.9 Å². The van der Waals surface area contributed by atoms with Gasteiger partial charge in [0.1, 0.15) is 5.75 Å². The van der Waals surface area contributed by atoms with Crippen LogP contribution in [-0.2, 0) is 9.59 Å². The summed E-state index contributed by atoms with van der Waals surface area (Å²) in [5, 5.41) is 2.45. The van der Waals surface area contributed by atoms with Crippen LogP contribution in [0.15, 0.2) is 24.3 Å². The van der Waals surface area contributed by atoms with E-state index in [-0.39, 0.29) is 29.8 Å². The minimum absolute atomic E-state index is 0.0284. The second-order valence-electron chi connectivity index (χ2n) is 5.85. The molecule has 4 heteroatoms. The molecule has 2 amide bonds. The van der Waals surface area contributed by atoms with Gasteiger partial charge < -0.3 is 4.74 Å². The van der Waals surface area contributed by atoms with Crippen molar-refractivity contribution in [2.24, 2.45) is 5.92 Å². The van der Waals surface area contributed by atoms with E-state index in [1.807, 2.05) is 38.1 Å². The minimum atomic E-state index is -0.181. The van der Waals surface area contributed by atoms with E-state index in [2.05, 4.69) is 12.2 Å². The molecule has 2 unspecified atom stereocenters. The number of benzene rings is 1. The molecule has 1 aromatic rings. The fourth-order valence-electron chi connectivity index (χ4n) is 2.87. The van der Waals surface area contributed by atoms with Gasteiger partial charge in [0.25, 0.3) is 0 Å². The molecular formula is C17H23NO3. The topological polar surface area (TPSA) is 55.4 Å². The summed E-state index contributed by atoms with van der Waals surface area (Å²) < 4.78 is 5.63. The van der Waals surface area contributed by atoms with Gasteiger partial charge in [0.05, 0.1) is 6.10 Å². The molecule has 0 aromatic heterocycles. The van der Waals surface area contributed by atoms with Gasteiger partial charge in [-0.25, -0.2) is 0 Å². The lowest BCUT2D eigenvalue weighted by Gasteiger charge is -2.30. The Kier molecular flexibility index (Phi) is 4.99. The summed E-state index contributed by atoms with van der Waals surface area (Å²) in [6, 6.07) is 7.76. The first-order valence-corrected chi connectivity index (χ1v) is 7.61. The van der Waals surface area contributed by atoms with Crippen molar-refractivity contribution >= 4 is 11.8 Å². The first-order valence-electron chi connectivity index (χ1n) is 7.61. The van der Waals surface area contributed by atoms with Crippen LogP contribution in [0.1, 0.15) is 51.5 Å². The Balaban J connectivity index is 2.20. The van der Waals surface area contributed by atoms with Crippen LogP contribution in [0.2, 0.25) is 0 Å². The Morgan fingerprint density at radius 1 is 1.24 bits per heavy atom. The molecule has 1 aliphatic heterocycles. The van der Waals surface area contributed by atoms with Gasteiger partial charge in [-0.15, -0.1) is 0 Å². The number of piperidine rings is 1. The summed E-state index contributed by atoms with van der Waals surface area (Å²) in [7, 11) is 0. The van der Waals surface area contributed by atoms with Gasteiger partial charge >= 0.3 is 0 Å². The van der Waals surface area contributed by atoms with Crippen molar-refractivity contribution in [2.45, 2.75) is 52.1 Å². The molecule has 0 spiro atoms. The van der Waals surface area contributed by atoms with Crippen LogP contribution >= 0.6 is 0 Å². The fraction of sp³-hybridized carbons (Fsp3) is 0.529. The summed E-state index contributed by atoms with van der Waals surface area (Å²) in [6.07, 6.45) is 2.23. The summed E-state index contributed by atoms with van der Waals surface area (Å²) >= 11 is 0. The maximum absolute atomic E-state index is 12.0. The van der Waals surface area contributed by atoms with Gasteiger partial charge in [-0.1, -0.05) is 25.5 Å². The second kappa shape index (κ2) is 6.74. The number of carbonyl (C=O) groups is 2. The number of carbonyl (C=O) groups excluding carboxylic acids is 2. The molecule has 0 bridgehead atoms. The van der Waals surface area contributed by atoms with E-state index in [0.29, 0.717) is 6.42 Å². The summed E-state index contributed by atoms with van der Waals surface area (Å²) in [4.78, 5) is 23.7. The molecule has 1 N–H and O–H groups in total. The quantitative estimate of drug-likeness (QED) is 0.848. The van der Waals surface area contributed by atoms with Gasteiger partial charge in [0.15, 0.2) is 0 Å². The number of rotatable bonds is 5. The predicted molar refractivity (Wildman–Crippen MR) is 81.1 cm³/mol. The molecular weight excluding hydrogens is 266 g/mol. The highest BCUT2D eigenvalue weighted by atomic mass is 16.5. The maximum Gasteiger partial charge on any atom is 0.230 e. The van der Waals surface area contributed by atoms with Gasteiger partial charge in [0, 0.05) is 18.3 Å². The number of ether oxygens (including phenoxy) is 1. The highest BCUT2D eigenvalue weighted by Gasteiger charge is 2.35. The first kappa shape index (κ1) is 15.5. The third kappa shape index (κ3) is 3.84. The van der Waals surface area contributed by atoms with Crippen molar-refractivity contribution in [3.63, 3.8) is 0 Å². The van der Waals surface area contributed by atoms with Gasteiger partial charge in [-0.3, -0.25) is 14.9 Å². The molecule has 114 valence electrons. The van der Waals surface area contributed by atoms with Crippen molar-refractivity contribution in [1.29, 1.82) is 0 Å². The summed E-state index contributed by atoms with van der Waals surface area (Å²) in [6.45, 7) is 6.02. The lowest BCUT2D eigenvalue weighted by Crippen LogP contribution is -2.44. The molecule has 1 fully saturated rings. The van der Waals surface area contributed by atoms with Crippen LogP contribution in [0.5, 0.6) is 5.75 Å². The minimum Gasteiger partial charge on any atom is -0.491 e. The molecule has 21 heavy (non-hydrogen) atoms. The standard InChI is InChI=1S/C17H23NO3/c1-4-5-14-15(10-16(19)18-17(14)20)12-6-8-13(9-7-12)21-11(2)3/h6-9,11,14-15H,4-5,10H2,1-3H3,(H,18,19,20). The van der Waals surface area contributed by atoms with Crippen LogP contribution in [0, 0.1) is 5.92 Å². The number of amides is 2. The average Bonchev–Trinajstić information content (AvgIpc) is 2.42. The van der Waals surface area contributed by atoms with E-state index < -0.39 is 0 Å². The fourth-order valence-corrected chi connectivity index (χ4v) is 2.87. The van der Waals surface area contributed by atoms with Crippen LogP contribution < -0.4 is 10.1 Å².